The zero-order valence-electron chi connectivity index (χ0n) is 16.5. The number of nitrogens with zero attached hydrogens (tertiary/aromatic N) is 2. The topological polar surface area (TPSA) is 40.6 Å². The van der Waals surface area contributed by atoms with Gasteiger partial charge in [0.15, 0.2) is 5.78 Å². The molecular formula is C24H28N2O2. The zero-order chi connectivity index (χ0) is 19.8. The van der Waals surface area contributed by atoms with Crippen molar-refractivity contribution in [2.75, 3.05) is 32.7 Å². The van der Waals surface area contributed by atoms with Gasteiger partial charge in [-0.25, -0.2) is 0 Å². The lowest BCUT2D eigenvalue weighted by Gasteiger charge is -2.34. The molecule has 3 rings (SSSR count). The summed E-state index contributed by atoms with van der Waals surface area (Å²) in [6.07, 6.45) is 4.88. The van der Waals surface area contributed by atoms with Gasteiger partial charge in [0.25, 0.3) is 0 Å². The fourth-order valence-electron chi connectivity index (χ4n) is 3.34. The van der Waals surface area contributed by atoms with Crippen LogP contribution in [0.15, 0.2) is 60.7 Å². The van der Waals surface area contributed by atoms with Crippen LogP contribution >= 0.6 is 0 Å². The van der Waals surface area contributed by atoms with Crippen LogP contribution in [0.5, 0.6) is 0 Å². The van der Waals surface area contributed by atoms with E-state index in [0.717, 1.165) is 38.3 Å². The highest BCUT2D eigenvalue weighted by molar-refractivity contribution is 5.98. The molecule has 1 fully saturated rings. The number of Topliss-reactive ketones (excluding diaryl/α,β-unsaturated/α-hetero) is 1. The zero-order valence-corrected chi connectivity index (χ0v) is 16.5. The Morgan fingerprint density at radius 2 is 1.57 bits per heavy atom. The molecule has 0 radical (unpaired) electrons. The summed E-state index contributed by atoms with van der Waals surface area (Å²) in [7, 11) is 0. The molecule has 2 aromatic carbocycles. The van der Waals surface area contributed by atoms with E-state index in [4.69, 9.17) is 0 Å². The summed E-state index contributed by atoms with van der Waals surface area (Å²) in [5.74, 6) is 0.123. The molecule has 0 aromatic heterocycles. The van der Waals surface area contributed by atoms with Crippen LogP contribution in [-0.2, 0) is 4.79 Å². The number of carbonyl (C=O) groups excluding carboxylic acids is 2. The lowest BCUT2D eigenvalue weighted by molar-refractivity contribution is -0.132. The van der Waals surface area contributed by atoms with Crippen LogP contribution in [0.3, 0.4) is 0 Å². The lowest BCUT2D eigenvalue weighted by atomic mass is 10.0. The van der Waals surface area contributed by atoms with Gasteiger partial charge in [-0.3, -0.25) is 14.5 Å². The van der Waals surface area contributed by atoms with Gasteiger partial charge in [0.2, 0.25) is 5.91 Å². The van der Waals surface area contributed by atoms with Crippen LogP contribution in [0.1, 0.15) is 34.3 Å². The van der Waals surface area contributed by atoms with Crippen LogP contribution in [0.4, 0.5) is 0 Å². The molecule has 1 heterocycles. The molecule has 1 aliphatic rings. The molecule has 0 bridgehead atoms. The van der Waals surface area contributed by atoms with E-state index in [1.807, 2.05) is 54.3 Å². The highest BCUT2D eigenvalue weighted by Gasteiger charge is 2.21. The quantitative estimate of drug-likeness (QED) is 0.690. The molecule has 0 saturated carbocycles. The molecule has 2 aromatic rings. The maximum absolute atomic E-state index is 12.4. The van der Waals surface area contributed by atoms with Crippen molar-refractivity contribution in [3.05, 3.63) is 77.4 Å². The van der Waals surface area contributed by atoms with Gasteiger partial charge in [-0.2, -0.15) is 0 Å². The molecule has 4 nitrogen and oxygen atoms in total. The molecule has 1 aliphatic heterocycles. The van der Waals surface area contributed by atoms with Crippen molar-refractivity contribution in [3.8, 4) is 0 Å². The van der Waals surface area contributed by atoms with Crippen molar-refractivity contribution in [1.29, 1.82) is 0 Å². The standard InChI is InChI=1S/C24H28N2O2/c1-20-9-11-22(12-10-20)23(27)13-14-24(28)26-18-16-25(17-19-26)15-5-8-21-6-3-2-4-7-21/h2-12H,13-19H2,1H3/b8-5+. The van der Waals surface area contributed by atoms with Gasteiger partial charge in [0.05, 0.1) is 0 Å². The Morgan fingerprint density at radius 3 is 2.25 bits per heavy atom. The number of ketones is 1. The molecule has 0 aliphatic carbocycles. The maximum Gasteiger partial charge on any atom is 0.223 e. The van der Waals surface area contributed by atoms with Gasteiger partial charge < -0.3 is 4.90 Å². The summed E-state index contributed by atoms with van der Waals surface area (Å²) in [5, 5.41) is 0. The molecule has 0 unspecified atom stereocenters. The van der Waals surface area contributed by atoms with E-state index in [1.165, 1.54) is 5.56 Å². The Balaban J connectivity index is 1.38. The van der Waals surface area contributed by atoms with Gasteiger partial charge in [0, 0.05) is 51.1 Å². The maximum atomic E-state index is 12.4. The Labute approximate surface area is 167 Å². The van der Waals surface area contributed by atoms with Gasteiger partial charge in [-0.15, -0.1) is 0 Å². The Bertz CT molecular complexity index is 804. The molecular weight excluding hydrogens is 348 g/mol. The Kier molecular flexibility index (Phi) is 7.15. The first-order valence-electron chi connectivity index (χ1n) is 9.93. The van der Waals surface area contributed by atoms with Gasteiger partial charge in [0.1, 0.15) is 0 Å². The number of piperazine rings is 1. The first-order chi connectivity index (χ1) is 13.6. The predicted molar refractivity (Wildman–Crippen MR) is 113 cm³/mol. The molecule has 1 amide bonds. The van der Waals surface area contributed by atoms with E-state index in [1.54, 1.807) is 0 Å². The first kappa shape index (κ1) is 20.0. The van der Waals surface area contributed by atoms with Crippen molar-refractivity contribution in [2.45, 2.75) is 19.8 Å². The van der Waals surface area contributed by atoms with Crippen LogP contribution in [0.2, 0.25) is 0 Å². The third-order valence-electron chi connectivity index (χ3n) is 5.14. The van der Waals surface area contributed by atoms with Crippen LogP contribution in [-0.4, -0.2) is 54.2 Å². The molecule has 146 valence electrons. The number of hydrogen-bond acceptors (Lipinski definition) is 3. The fourth-order valence-corrected chi connectivity index (χ4v) is 3.34. The van der Waals surface area contributed by atoms with Crippen LogP contribution < -0.4 is 0 Å². The second-order valence-electron chi connectivity index (χ2n) is 7.28. The van der Waals surface area contributed by atoms with Crippen molar-refractivity contribution in [1.82, 2.24) is 9.80 Å². The average molecular weight is 377 g/mol. The number of aryl methyl sites for hydroxylation is 1. The summed E-state index contributed by atoms with van der Waals surface area (Å²) in [4.78, 5) is 28.9. The predicted octanol–water partition coefficient (Wildman–Crippen LogP) is 3.82. The summed E-state index contributed by atoms with van der Waals surface area (Å²) in [5.41, 5.74) is 3.02. The highest BCUT2D eigenvalue weighted by Crippen LogP contribution is 2.11. The minimum Gasteiger partial charge on any atom is -0.340 e. The second-order valence-corrected chi connectivity index (χ2v) is 7.28. The summed E-state index contributed by atoms with van der Waals surface area (Å²) < 4.78 is 0. The van der Waals surface area contributed by atoms with Gasteiger partial charge in [-0.05, 0) is 12.5 Å². The van der Waals surface area contributed by atoms with Gasteiger partial charge in [-0.1, -0.05) is 72.3 Å². The largest absolute Gasteiger partial charge is 0.340 e. The smallest absolute Gasteiger partial charge is 0.223 e. The first-order valence-corrected chi connectivity index (χ1v) is 9.93. The van der Waals surface area contributed by atoms with E-state index in [0.29, 0.717) is 12.0 Å². The number of rotatable bonds is 7. The molecule has 1 saturated heterocycles. The average Bonchev–Trinajstić information content (AvgIpc) is 2.73. The normalized spacial score (nSPS) is 15.1. The van der Waals surface area contributed by atoms with E-state index in [-0.39, 0.29) is 18.1 Å². The van der Waals surface area contributed by atoms with Gasteiger partial charge >= 0.3 is 0 Å². The van der Waals surface area contributed by atoms with Crippen LogP contribution in [0.25, 0.3) is 6.08 Å². The summed E-state index contributed by atoms with van der Waals surface area (Å²) >= 11 is 0. The monoisotopic (exact) mass is 376 g/mol. The SMILES string of the molecule is Cc1ccc(C(=O)CCC(=O)N2CCN(C/C=C/c3ccccc3)CC2)cc1. The number of hydrogen-bond donors (Lipinski definition) is 0. The van der Waals surface area contributed by atoms with Crippen molar-refractivity contribution >= 4 is 17.8 Å². The minimum atomic E-state index is 0.0398. The summed E-state index contributed by atoms with van der Waals surface area (Å²) in [6.45, 7) is 6.10. The van der Waals surface area contributed by atoms with E-state index in [9.17, 15) is 9.59 Å². The van der Waals surface area contributed by atoms with Crippen molar-refractivity contribution in [2.24, 2.45) is 0 Å². The lowest BCUT2D eigenvalue weighted by Crippen LogP contribution is -2.48. The van der Waals surface area contributed by atoms with E-state index < -0.39 is 0 Å². The number of benzene rings is 2. The molecule has 0 atom stereocenters. The molecule has 0 N–H and O–H groups in total. The molecule has 4 heteroatoms. The van der Waals surface area contributed by atoms with E-state index >= 15 is 0 Å². The third-order valence-corrected chi connectivity index (χ3v) is 5.14. The highest BCUT2D eigenvalue weighted by atomic mass is 16.2. The second kappa shape index (κ2) is 10.00. The fraction of sp³-hybridized carbons (Fsp3) is 0.333. The molecule has 0 spiro atoms. The van der Waals surface area contributed by atoms with E-state index in [2.05, 4.69) is 29.2 Å². The van der Waals surface area contributed by atoms with Crippen molar-refractivity contribution < 1.29 is 9.59 Å². The number of carbonyl (C=O) groups is 2. The minimum absolute atomic E-state index is 0.0398. The van der Waals surface area contributed by atoms with Crippen LogP contribution in [0, 0.1) is 6.92 Å². The molecule has 28 heavy (non-hydrogen) atoms. The Morgan fingerprint density at radius 1 is 0.893 bits per heavy atom. The van der Waals surface area contributed by atoms with Crippen molar-refractivity contribution in [3.63, 3.8) is 0 Å². The third kappa shape index (κ3) is 5.89. The number of amides is 1. The summed E-state index contributed by atoms with van der Waals surface area (Å²) in [6, 6.07) is 17.8. The Hall–Kier alpha value is -2.72.